The van der Waals surface area contributed by atoms with Gasteiger partial charge in [0.25, 0.3) is 5.69 Å². The van der Waals surface area contributed by atoms with Crippen molar-refractivity contribution in [3.8, 4) is 0 Å². The van der Waals surface area contributed by atoms with E-state index in [0.29, 0.717) is 24.2 Å². The maximum Gasteiger partial charge on any atom is 0.416 e. The lowest BCUT2D eigenvalue weighted by Gasteiger charge is -2.22. The number of unbranched alkanes of at least 4 members (excludes halogenated alkanes) is 2. The second-order valence-corrected chi connectivity index (χ2v) is 8.47. The highest BCUT2D eigenvalue weighted by Gasteiger charge is 2.30. The van der Waals surface area contributed by atoms with E-state index >= 15 is 0 Å². The summed E-state index contributed by atoms with van der Waals surface area (Å²) in [4.78, 5) is 25.1. The lowest BCUT2D eigenvalue weighted by atomic mass is 10.1. The number of nitro groups is 1. The van der Waals surface area contributed by atoms with E-state index in [2.05, 4.69) is 6.92 Å². The molecule has 0 N–H and O–H groups in total. The highest BCUT2D eigenvalue weighted by Crippen LogP contribution is 2.29. The maximum absolute atomic E-state index is 13.1. The minimum atomic E-state index is -4.41. The quantitative estimate of drug-likeness (QED) is 0.128. The Hall–Kier alpha value is -3.88. The number of nitrogens with zero attached hydrogens (tertiary/aromatic N) is 3. The Morgan fingerprint density at radius 1 is 1.08 bits per heavy atom. The molecule has 0 fully saturated rings. The molecule has 0 bridgehead atoms. The Labute approximate surface area is 207 Å². The molecule has 190 valence electrons. The molecule has 0 saturated heterocycles. The van der Waals surface area contributed by atoms with Crippen LogP contribution in [-0.4, -0.2) is 26.8 Å². The number of halogens is 3. The molecule has 0 aliphatic heterocycles. The number of aromatic nitrogens is 1. The van der Waals surface area contributed by atoms with E-state index in [4.69, 9.17) is 0 Å². The Morgan fingerprint density at radius 3 is 2.50 bits per heavy atom. The van der Waals surface area contributed by atoms with Crippen molar-refractivity contribution in [1.82, 2.24) is 9.47 Å². The first kappa shape index (κ1) is 26.7. The lowest BCUT2D eigenvalue weighted by molar-refractivity contribution is -0.384. The minimum absolute atomic E-state index is 0.0267. The number of alkyl halides is 3. The van der Waals surface area contributed by atoms with Crippen molar-refractivity contribution in [3.63, 3.8) is 0 Å². The summed E-state index contributed by atoms with van der Waals surface area (Å²) in [6, 6.07) is 14.8. The number of nitro benzene ring substituents is 1. The molecule has 0 spiro atoms. The van der Waals surface area contributed by atoms with Gasteiger partial charge >= 0.3 is 6.18 Å². The molecular formula is C27H28F3N3O3. The van der Waals surface area contributed by atoms with E-state index in [9.17, 15) is 28.1 Å². The van der Waals surface area contributed by atoms with Gasteiger partial charge in [0.2, 0.25) is 5.91 Å². The number of hydrogen-bond acceptors (Lipinski definition) is 3. The molecule has 0 aliphatic carbocycles. The van der Waals surface area contributed by atoms with E-state index in [0.717, 1.165) is 37.1 Å². The third-order valence-corrected chi connectivity index (χ3v) is 5.75. The molecule has 0 unspecified atom stereocenters. The third-order valence-electron chi connectivity index (χ3n) is 5.75. The van der Waals surface area contributed by atoms with Crippen molar-refractivity contribution >= 4 is 17.7 Å². The summed E-state index contributed by atoms with van der Waals surface area (Å²) in [6.45, 7) is 3.16. The summed E-state index contributed by atoms with van der Waals surface area (Å²) in [5.74, 6) is -0.212. The van der Waals surface area contributed by atoms with Crippen molar-refractivity contribution in [2.45, 2.75) is 45.5 Å². The molecule has 0 saturated carbocycles. The average molecular weight is 500 g/mol. The van der Waals surface area contributed by atoms with Crippen LogP contribution >= 0.6 is 0 Å². The number of amides is 1. The predicted octanol–water partition coefficient (Wildman–Crippen LogP) is 6.70. The topological polar surface area (TPSA) is 68.4 Å². The Balaban J connectivity index is 1.75. The fourth-order valence-corrected chi connectivity index (χ4v) is 3.79. The van der Waals surface area contributed by atoms with Gasteiger partial charge in [-0.3, -0.25) is 14.9 Å². The number of rotatable bonds is 11. The van der Waals surface area contributed by atoms with Crippen LogP contribution in [0, 0.1) is 10.1 Å². The standard InChI is InChI=1S/C27H28F3N3O3/c1-2-3-4-16-32(26(34)15-12-21-10-13-24(14-11-21)33(35)36)20-25-9-6-17-31(25)19-22-7-5-8-23(18-22)27(28,29)30/h5-15,17-18H,2-4,16,19-20H2,1H3/b15-12+. The first-order valence-corrected chi connectivity index (χ1v) is 11.7. The normalized spacial score (nSPS) is 11.7. The van der Waals surface area contributed by atoms with Crippen LogP contribution in [0.3, 0.4) is 0 Å². The van der Waals surface area contributed by atoms with Gasteiger partial charge in [-0.15, -0.1) is 0 Å². The molecule has 1 aromatic heterocycles. The van der Waals surface area contributed by atoms with E-state index in [1.54, 1.807) is 35.4 Å². The van der Waals surface area contributed by atoms with Crippen LogP contribution in [-0.2, 0) is 24.1 Å². The highest BCUT2D eigenvalue weighted by molar-refractivity contribution is 5.91. The number of hydrogen-bond donors (Lipinski definition) is 0. The van der Waals surface area contributed by atoms with Crippen LogP contribution in [0.4, 0.5) is 18.9 Å². The van der Waals surface area contributed by atoms with E-state index < -0.39 is 16.7 Å². The van der Waals surface area contributed by atoms with Crippen LogP contribution in [0.1, 0.15) is 48.6 Å². The number of benzene rings is 2. The number of non-ortho nitro benzene ring substituents is 1. The average Bonchev–Trinajstić information content (AvgIpc) is 3.28. The third kappa shape index (κ3) is 7.56. The summed E-state index contributed by atoms with van der Waals surface area (Å²) in [5.41, 5.74) is 1.27. The van der Waals surface area contributed by atoms with Crippen LogP contribution in [0.15, 0.2) is 72.9 Å². The fraction of sp³-hybridized carbons (Fsp3) is 0.296. The maximum atomic E-state index is 13.1. The summed E-state index contributed by atoms with van der Waals surface area (Å²) in [6.07, 6.45) is 3.20. The van der Waals surface area contributed by atoms with Gasteiger partial charge in [-0.05, 0) is 60.0 Å². The van der Waals surface area contributed by atoms with Gasteiger partial charge in [0.05, 0.1) is 17.0 Å². The van der Waals surface area contributed by atoms with E-state index in [1.807, 2.05) is 16.7 Å². The Morgan fingerprint density at radius 2 is 1.83 bits per heavy atom. The van der Waals surface area contributed by atoms with Gasteiger partial charge in [0.15, 0.2) is 0 Å². The van der Waals surface area contributed by atoms with E-state index in [-0.39, 0.29) is 18.1 Å². The van der Waals surface area contributed by atoms with Gasteiger partial charge < -0.3 is 9.47 Å². The van der Waals surface area contributed by atoms with Gasteiger partial charge in [-0.25, -0.2) is 0 Å². The second kappa shape index (κ2) is 12.2. The zero-order valence-electron chi connectivity index (χ0n) is 19.9. The van der Waals surface area contributed by atoms with Crippen LogP contribution in [0.2, 0.25) is 0 Å². The van der Waals surface area contributed by atoms with Crippen molar-refractivity contribution in [2.75, 3.05) is 6.54 Å². The largest absolute Gasteiger partial charge is 0.416 e. The van der Waals surface area contributed by atoms with Gasteiger partial charge in [0, 0.05) is 43.2 Å². The molecule has 1 amide bonds. The predicted molar refractivity (Wildman–Crippen MR) is 132 cm³/mol. The highest BCUT2D eigenvalue weighted by atomic mass is 19.4. The zero-order chi connectivity index (χ0) is 26.1. The summed E-state index contributed by atoms with van der Waals surface area (Å²) in [5, 5.41) is 10.8. The summed E-state index contributed by atoms with van der Waals surface area (Å²) < 4.78 is 41.1. The lowest BCUT2D eigenvalue weighted by Crippen LogP contribution is -2.31. The molecule has 2 aromatic carbocycles. The van der Waals surface area contributed by atoms with Crippen molar-refractivity contribution in [1.29, 1.82) is 0 Å². The molecule has 1 heterocycles. The molecule has 0 aliphatic rings. The van der Waals surface area contributed by atoms with Gasteiger partial charge in [-0.1, -0.05) is 31.9 Å². The Kier molecular flexibility index (Phi) is 9.05. The number of carbonyl (C=O) groups is 1. The second-order valence-electron chi connectivity index (χ2n) is 8.47. The molecule has 6 nitrogen and oxygen atoms in total. The molecule has 36 heavy (non-hydrogen) atoms. The van der Waals surface area contributed by atoms with Crippen LogP contribution in [0.25, 0.3) is 6.08 Å². The SMILES string of the molecule is CCCCCN(Cc1cccn1Cc1cccc(C(F)(F)F)c1)C(=O)/C=C/c1ccc([N+](=O)[O-])cc1. The molecule has 0 radical (unpaired) electrons. The Bertz CT molecular complexity index is 1200. The molecule has 9 heteroatoms. The fourth-order valence-electron chi connectivity index (χ4n) is 3.79. The first-order chi connectivity index (χ1) is 17.2. The van der Waals surface area contributed by atoms with Crippen LogP contribution < -0.4 is 0 Å². The number of carbonyl (C=O) groups excluding carboxylic acids is 1. The molecule has 0 atom stereocenters. The van der Waals surface area contributed by atoms with Crippen molar-refractivity contribution in [2.24, 2.45) is 0 Å². The van der Waals surface area contributed by atoms with Crippen molar-refractivity contribution in [3.05, 3.63) is 105 Å². The monoisotopic (exact) mass is 499 g/mol. The van der Waals surface area contributed by atoms with E-state index in [1.165, 1.54) is 24.3 Å². The summed E-state index contributed by atoms with van der Waals surface area (Å²) >= 11 is 0. The van der Waals surface area contributed by atoms with Gasteiger partial charge in [-0.2, -0.15) is 13.2 Å². The first-order valence-electron chi connectivity index (χ1n) is 11.7. The van der Waals surface area contributed by atoms with Crippen LogP contribution in [0.5, 0.6) is 0 Å². The van der Waals surface area contributed by atoms with Gasteiger partial charge in [0.1, 0.15) is 0 Å². The smallest absolute Gasteiger partial charge is 0.345 e. The molecular weight excluding hydrogens is 471 g/mol. The minimum Gasteiger partial charge on any atom is -0.345 e. The molecule has 3 rings (SSSR count). The zero-order valence-corrected chi connectivity index (χ0v) is 19.9. The van der Waals surface area contributed by atoms with Crippen molar-refractivity contribution < 1.29 is 22.9 Å². The summed E-state index contributed by atoms with van der Waals surface area (Å²) in [7, 11) is 0. The molecule has 3 aromatic rings.